The van der Waals surface area contributed by atoms with Gasteiger partial charge in [0, 0.05) is 25.2 Å². The van der Waals surface area contributed by atoms with Gasteiger partial charge in [0.15, 0.2) is 0 Å². The Bertz CT molecular complexity index is 536. The molecular weight excluding hydrogens is 314 g/mol. The third-order valence-electron chi connectivity index (χ3n) is 3.93. The van der Waals surface area contributed by atoms with Gasteiger partial charge in [-0.2, -0.15) is 0 Å². The third-order valence-corrected chi connectivity index (χ3v) is 3.93. The van der Waals surface area contributed by atoms with Gasteiger partial charge in [0.05, 0.1) is 6.04 Å². The number of nitrogens with two attached hydrogens (primary N) is 1. The Hall–Kier alpha value is -1.59. The molecule has 1 aliphatic heterocycles. The van der Waals surface area contributed by atoms with Gasteiger partial charge in [-0.1, -0.05) is 25.5 Å². The molecule has 0 saturated carbocycles. The van der Waals surface area contributed by atoms with Crippen LogP contribution in [0.15, 0.2) is 24.3 Å². The molecule has 0 radical (unpaired) electrons. The number of halogens is 1. The first-order chi connectivity index (χ1) is 10.6. The van der Waals surface area contributed by atoms with Crippen molar-refractivity contribution in [2.24, 2.45) is 5.73 Å². The summed E-state index contributed by atoms with van der Waals surface area (Å²) in [5.41, 5.74) is 7.58. The molecule has 2 amide bonds. The van der Waals surface area contributed by atoms with Crippen LogP contribution in [0.2, 0.25) is 0 Å². The Labute approximate surface area is 144 Å². The van der Waals surface area contributed by atoms with Crippen molar-refractivity contribution in [3.05, 3.63) is 29.8 Å². The lowest BCUT2D eigenvalue weighted by Gasteiger charge is -2.27. The van der Waals surface area contributed by atoms with E-state index in [1.165, 1.54) is 0 Å². The minimum atomic E-state index is -0.475. The Morgan fingerprint density at radius 1 is 1.39 bits per heavy atom. The van der Waals surface area contributed by atoms with Crippen LogP contribution in [0, 0.1) is 0 Å². The summed E-state index contributed by atoms with van der Waals surface area (Å²) in [6.07, 6.45) is 4.25. The molecule has 0 bridgehead atoms. The average Bonchev–Trinajstić information content (AvgIpc) is 2.50. The van der Waals surface area contributed by atoms with Gasteiger partial charge in [-0.05, 0) is 37.0 Å². The second-order valence-electron chi connectivity index (χ2n) is 5.86. The van der Waals surface area contributed by atoms with Crippen molar-refractivity contribution in [3.63, 3.8) is 0 Å². The molecule has 3 N–H and O–H groups in total. The lowest BCUT2D eigenvalue weighted by molar-refractivity contribution is -0.133. The highest BCUT2D eigenvalue weighted by Gasteiger charge is 2.18. The molecule has 1 fully saturated rings. The number of likely N-dealkylation sites (tertiary alicyclic amines) is 1. The summed E-state index contributed by atoms with van der Waals surface area (Å²) in [6, 6.07) is 7.16. The Morgan fingerprint density at radius 3 is 2.87 bits per heavy atom. The number of nitrogens with zero attached hydrogens (tertiary/aromatic N) is 1. The van der Waals surface area contributed by atoms with E-state index in [0.717, 1.165) is 37.1 Å². The molecule has 23 heavy (non-hydrogen) atoms. The number of nitrogens with one attached hydrogen (secondary N) is 1. The standard InChI is InChI=1S/C17H25N3O2.ClH/c1-2-6-15(18)17(22)19-14-8-5-7-13(11-14)12-20-10-4-3-9-16(20)21;/h5,7-8,11,15H,2-4,6,9-10,12,18H2,1H3,(H,19,22);1H. The molecular formula is C17H26ClN3O2. The second-order valence-corrected chi connectivity index (χ2v) is 5.86. The maximum absolute atomic E-state index is 12.0. The van der Waals surface area contributed by atoms with Gasteiger partial charge >= 0.3 is 0 Å². The van der Waals surface area contributed by atoms with Gasteiger partial charge < -0.3 is 16.0 Å². The molecule has 2 rings (SSSR count). The van der Waals surface area contributed by atoms with Crippen LogP contribution < -0.4 is 11.1 Å². The van der Waals surface area contributed by atoms with Gasteiger partial charge in [-0.3, -0.25) is 9.59 Å². The zero-order valence-electron chi connectivity index (χ0n) is 13.6. The Kier molecular flexibility index (Phi) is 8.06. The zero-order valence-corrected chi connectivity index (χ0v) is 14.4. The van der Waals surface area contributed by atoms with Gasteiger partial charge in [-0.15, -0.1) is 12.4 Å². The van der Waals surface area contributed by atoms with E-state index in [0.29, 0.717) is 19.4 Å². The normalized spacial score (nSPS) is 15.7. The van der Waals surface area contributed by atoms with E-state index in [1.54, 1.807) is 0 Å². The molecule has 1 heterocycles. The summed E-state index contributed by atoms with van der Waals surface area (Å²) in [6.45, 7) is 3.42. The fourth-order valence-corrected chi connectivity index (χ4v) is 2.67. The number of carbonyl (C=O) groups excluding carboxylic acids is 2. The van der Waals surface area contributed by atoms with Gasteiger partial charge in [0.2, 0.25) is 11.8 Å². The van der Waals surface area contributed by atoms with Crippen LogP contribution in [0.1, 0.15) is 44.6 Å². The number of hydrogen-bond acceptors (Lipinski definition) is 3. The quantitative estimate of drug-likeness (QED) is 0.836. The highest BCUT2D eigenvalue weighted by atomic mass is 35.5. The third kappa shape index (κ3) is 5.84. The minimum Gasteiger partial charge on any atom is -0.338 e. The Balaban J connectivity index is 0.00000264. The summed E-state index contributed by atoms with van der Waals surface area (Å²) in [7, 11) is 0. The maximum Gasteiger partial charge on any atom is 0.241 e. The largest absolute Gasteiger partial charge is 0.338 e. The SMILES string of the molecule is CCCC(N)C(=O)Nc1cccc(CN2CCCCC2=O)c1.Cl. The van der Waals surface area contributed by atoms with Crippen molar-refractivity contribution in [3.8, 4) is 0 Å². The van der Waals surface area contributed by atoms with E-state index in [1.807, 2.05) is 36.1 Å². The Morgan fingerprint density at radius 2 is 2.17 bits per heavy atom. The predicted molar refractivity (Wildman–Crippen MR) is 94.5 cm³/mol. The smallest absolute Gasteiger partial charge is 0.241 e. The van der Waals surface area contributed by atoms with E-state index in [2.05, 4.69) is 5.32 Å². The molecule has 5 nitrogen and oxygen atoms in total. The van der Waals surface area contributed by atoms with Crippen LogP contribution in [0.3, 0.4) is 0 Å². The van der Waals surface area contributed by atoms with E-state index in [-0.39, 0.29) is 24.2 Å². The molecule has 1 unspecified atom stereocenters. The van der Waals surface area contributed by atoms with Gasteiger partial charge in [-0.25, -0.2) is 0 Å². The van der Waals surface area contributed by atoms with Crippen LogP contribution in [-0.2, 0) is 16.1 Å². The minimum absolute atomic E-state index is 0. The molecule has 6 heteroatoms. The van der Waals surface area contributed by atoms with Gasteiger partial charge in [0.25, 0.3) is 0 Å². The molecule has 1 aromatic carbocycles. The summed E-state index contributed by atoms with van der Waals surface area (Å²) >= 11 is 0. The van der Waals surface area contributed by atoms with Gasteiger partial charge in [0.1, 0.15) is 0 Å². The lowest BCUT2D eigenvalue weighted by Crippen LogP contribution is -2.35. The topological polar surface area (TPSA) is 75.4 Å². The molecule has 1 atom stereocenters. The summed E-state index contributed by atoms with van der Waals surface area (Å²) < 4.78 is 0. The number of rotatable bonds is 6. The van der Waals surface area contributed by atoms with Crippen LogP contribution in [0.4, 0.5) is 5.69 Å². The van der Waals surface area contributed by atoms with Crippen molar-refractivity contribution >= 4 is 29.9 Å². The first kappa shape index (κ1) is 19.5. The number of anilines is 1. The highest BCUT2D eigenvalue weighted by molar-refractivity contribution is 5.94. The predicted octanol–water partition coefficient (Wildman–Crippen LogP) is 2.69. The van der Waals surface area contributed by atoms with Crippen LogP contribution in [-0.4, -0.2) is 29.3 Å². The van der Waals surface area contributed by atoms with Crippen molar-refractivity contribution in [2.75, 3.05) is 11.9 Å². The fraction of sp³-hybridized carbons (Fsp3) is 0.529. The van der Waals surface area contributed by atoms with Crippen molar-refractivity contribution < 1.29 is 9.59 Å². The molecule has 0 aromatic heterocycles. The van der Waals surface area contributed by atoms with Crippen molar-refractivity contribution in [2.45, 2.75) is 51.6 Å². The lowest BCUT2D eigenvalue weighted by atomic mass is 10.1. The number of piperidine rings is 1. The fourth-order valence-electron chi connectivity index (χ4n) is 2.67. The number of hydrogen-bond donors (Lipinski definition) is 2. The summed E-state index contributed by atoms with van der Waals surface area (Å²) in [5, 5.41) is 2.85. The van der Waals surface area contributed by atoms with E-state index < -0.39 is 6.04 Å². The highest BCUT2D eigenvalue weighted by Crippen LogP contribution is 2.17. The van der Waals surface area contributed by atoms with Crippen molar-refractivity contribution in [1.82, 2.24) is 4.90 Å². The van der Waals surface area contributed by atoms with Crippen LogP contribution in [0.25, 0.3) is 0 Å². The first-order valence-electron chi connectivity index (χ1n) is 8.03. The molecule has 1 aromatic rings. The van der Waals surface area contributed by atoms with E-state index >= 15 is 0 Å². The van der Waals surface area contributed by atoms with Crippen LogP contribution >= 0.6 is 12.4 Å². The molecule has 128 valence electrons. The molecule has 1 aliphatic rings. The maximum atomic E-state index is 12.0. The summed E-state index contributed by atoms with van der Waals surface area (Å²) in [5.74, 6) is 0.0544. The first-order valence-corrected chi connectivity index (χ1v) is 8.03. The monoisotopic (exact) mass is 339 g/mol. The van der Waals surface area contributed by atoms with Crippen molar-refractivity contribution in [1.29, 1.82) is 0 Å². The summed E-state index contributed by atoms with van der Waals surface area (Å²) in [4.78, 5) is 25.7. The molecule has 0 aliphatic carbocycles. The molecule has 0 spiro atoms. The zero-order chi connectivity index (χ0) is 15.9. The average molecular weight is 340 g/mol. The number of carbonyl (C=O) groups is 2. The second kappa shape index (κ2) is 9.53. The van der Waals surface area contributed by atoms with Crippen LogP contribution in [0.5, 0.6) is 0 Å². The van der Waals surface area contributed by atoms with E-state index in [9.17, 15) is 9.59 Å². The van der Waals surface area contributed by atoms with E-state index in [4.69, 9.17) is 5.73 Å². The molecule has 1 saturated heterocycles. The number of benzene rings is 1. The number of amides is 2.